The molecule has 0 radical (unpaired) electrons. The van der Waals surface area contributed by atoms with Crippen LogP contribution in [0.1, 0.15) is 74.1 Å². The average Bonchev–Trinajstić information content (AvgIpc) is 2.44. The van der Waals surface area contributed by atoms with Crippen LogP contribution in [0, 0.1) is 0 Å². The Kier molecular flexibility index (Phi) is 5.08. The van der Waals surface area contributed by atoms with Gasteiger partial charge in [-0.15, -0.1) is 0 Å². The fraction of sp³-hybridized carbons (Fsp3) is 0.867. The van der Waals surface area contributed by atoms with Gasteiger partial charge in [0.1, 0.15) is 0 Å². The first-order valence-corrected chi connectivity index (χ1v) is 7.29. The van der Waals surface area contributed by atoms with Crippen molar-refractivity contribution in [1.29, 1.82) is 0 Å². The Hall–Kier alpha value is -0.275. The molecule has 1 fully saturated rings. The molecular weight excluding hydrogens is 223 g/mol. The molecule has 0 N–H and O–H groups in total. The van der Waals surface area contributed by atoms with Gasteiger partial charge in [-0.1, -0.05) is 32.3 Å². The molecule has 1 aliphatic rings. The maximum Gasteiger partial charge on any atom is 0.490 e. The lowest BCUT2D eigenvalue weighted by Crippen LogP contribution is -2.41. The molecule has 104 valence electrons. The maximum absolute atomic E-state index is 6.17. The zero-order valence-electron chi connectivity index (χ0n) is 13.2. The van der Waals surface area contributed by atoms with Crippen molar-refractivity contribution < 1.29 is 9.31 Å². The lowest BCUT2D eigenvalue weighted by Gasteiger charge is -2.32. The van der Waals surface area contributed by atoms with Crippen molar-refractivity contribution >= 4 is 7.12 Å². The van der Waals surface area contributed by atoms with Crippen LogP contribution >= 0.6 is 0 Å². The van der Waals surface area contributed by atoms with E-state index in [9.17, 15) is 0 Å². The summed E-state index contributed by atoms with van der Waals surface area (Å²) < 4.78 is 12.3. The fourth-order valence-electron chi connectivity index (χ4n) is 2.32. The van der Waals surface area contributed by atoms with E-state index in [2.05, 4.69) is 48.5 Å². The van der Waals surface area contributed by atoms with Crippen LogP contribution < -0.4 is 0 Å². The van der Waals surface area contributed by atoms with E-state index in [-0.39, 0.29) is 18.3 Å². The Morgan fingerprint density at radius 2 is 1.33 bits per heavy atom. The minimum Gasteiger partial charge on any atom is -0.400 e. The molecule has 0 spiro atoms. The highest BCUT2D eigenvalue weighted by atomic mass is 16.7. The van der Waals surface area contributed by atoms with E-state index in [0.717, 1.165) is 19.3 Å². The van der Waals surface area contributed by atoms with Gasteiger partial charge >= 0.3 is 7.12 Å². The molecule has 0 aromatic carbocycles. The van der Waals surface area contributed by atoms with Gasteiger partial charge in [0.25, 0.3) is 0 Å². The second kappa shape index (κ2) is 5.79. The molecule has 0 unspecified atom stereocenters. The lowest BCUT2D eigenvalue weighted by molar-refractivity contribution is 0.00578. The smallest absolute Gasteiger partial charge is 0.400 e. The van der Waals surface area contributed by atoms with E-state index in [1.807, 2.05) is 0 Å². The molecule has 0 aromatic heterocycles. The van der Waals surface area contributed by atoms with Gasteiger partial charge in [-0.25, -0.2) is 0 Å². The van der Waals surface area contributed by atoms with E-state index in [4.69, 9.17) is 9.31 Å². The van der Waals surface area contributed by atoms with Gasteiger partial charge in [0, 0.05) is 0 Å². The second-order valence-electron chi connectivity index (χ2n) is 6.39. The second-order valence-corrected chi connectivity index (χ2v) is 6.39. The summed E-state index contributed by atoms with van der Waals surface area (Å²) in [6, 6.07) is 0. The number of rotatable bonds is 5. The number of allylic oxidation sites excluding steroid dienone is 2. The van der Waals surface area contributed by atoms with Gasteiger partial charge in [0.2, 0.25) is 0 Å². The van der Waals surface area contributed by atoms with Crippen molar-refractivity contribution in [2.75, 3.05) is 0 Å². The van der Waals surface area contributed by atoms with Crippen LogP contribution in [0.5, 0.6) is 0 Å². The van der Waals surface area contributed by atoms with Crippen molar-refractivity contribution in [3.8, 4) is 0 Å². The quantitative estimate of drug-likeness (QED) is 0.669. The van der Waals surface area contributed by atoms with E-state index in [1.54, 1.807) is 0 Å². The van der Waals surface area contributed by atoms with Crippen molar-refractivity contribution in [3.63, 3.8) is 0 Å². The summed E-state index contributed by atoms with van der Waals surface area (Å²) in [6.45, 7) is 15.1. The van der Waals surface area contributed by atoms with Crippen molar-refractivity contribution in [3.05, 3.63) is 11.0 Å². The van der Waals surface area contributed by atoms with Gasteiger partial charge < -0.3 is 9.31 Å². The summed E-state index contributed by atoms with van der Waals surface area (Å²) in [5, 5.41) is 0. The summed E-state index contributed by atoms with van der Waals surface area (Å²) in [5.41, 5.74) is 2.34. The standard InChI is InChI=1S/C15H29BO2/c1-8-10-12(3)13(11-9-2)16-17-14(4,5)15(6,7)18-16/h8-11H2,1-7H3/b13-12+. The van der Waals surface area contributed by atoms with E-state index in [0.29, 0.717) is 0 Å². The van der Waals surface area contributed by atoms with Crippen LogP contribution in [0.4, 0.5) is 0 Å². The first-order valence-electron chi connectivity index (χ1n) is 7.29. The zero-order valence-corrected chi connectivity index (χ0v) is 13.2. The number of hydrogen-bond donors (Lipinski definition) is 0. The molecule has 3 heteroatoms. The highest BCUT2D eigenvalue weighted by molar-refractivity contribution is 6.54. The monoisotopic (exact) mass is 252 g/mol. The predicted molar refractivity (Wildman–Crippen MR) is 78.6 cm³/mol. The Bertz CT molecular complexity index is 302. The predicted octanol–water partition coefficient (Wildman–Crippen LogP) is 4.53. The van der Waals surface area contributed by atoms with Gasteiger partial charge in [-0.2, -0.15) is 0 Å². The van der Waals surface area contributed by atoms with Crippen LogP contribution in [-0.2, 0) is 9.31 Å². The van der Waals surface area contributed by atoms with E-state index < -0.39 is 0 Å². The molecule has 0 atom stereocenters. The summed E-state index contributed by atoms with van der Waals surface area (Å²) in [5.74, 6) is 0. The third kappa shape index (κ3) is 3.18. The van der Waals surface area contributed by atoms with E-state index in [1.165, 1.54) is 17.5 Å². The first-order chi connectivity index (χ1) is 8.25. The molecule has 1 aliphatic heterocycles. The van der Waals surface area contributed by atoms with Gasteiger partial charge in [-0.3, -0.25) is 0 Å². The fourth-order valence-corrected chi connectivity index (χ4v) is 2.32. The minimum absolute atomic E-state index is 0.151. The van der Waals surface area contributed by atoms with Crippen molar-refractivity contribution in [1.82, 2.24) is 0 Å². The Balaban J connectivity index is 2.94. The Morgan fingerprint density at radius 3 is 1.72 bits per heavy atom. The molecule has 1 rings (SSSR count). The molecule has 18 heavy (non-hydrogen) atoms. The van der Waals surface area contributed by atoms with Crippen LogP contribution in [0.3, 0.4) is 0 Å². The molecule has 0 amide bonds. The Morgan fingerprint density at radius 1 is 0.889 bits per heavy atom. The largest absolute Gasteiger partial charge is 0.490 e. The lowest BCUT2D eigenvalue weighted by atomic mass is 9.72. The first kappa shape index (κ1) is 15.8. The molecule has 0 aromatic rings. The average molecular weight is 252 g/mol. The normalized spacial score (nSPS) is 23.2. The molecule has 2 nitrogen and oxygen atoms in total. The van der Waals surface area contributed by atoms with Crippen molar-refractivity contribution in [2.24, 2.45) is 0 Å². The van der Waals surface area contributed by atoms with Gasteiger partial charge in [0.05, 0.1) is 11.2 Å². The zero-order chi connectivity index (χ0) is 14.0. The molecular formula is C15H29BO2. The summed E-state index contributed by atoms with van der Waals surface area (Å²) in [6.07, 6.45) is 4.53. The molecule has 0 bridgehead atoms. The van der Waals surface area contributed by atoms with Gasteiger partial charge in [0.15, 0.2) is 0 Å². The maximum atomic E-state index is 6.17. The van der Waals surface area contributed by atoms with Crippen molar-refractivity contribution in [2.45, 2.75) is 85.4 Å². The topological polar surface area (TPSA) is 18.5 Å². The third-order valence-electron chi connectivity index (χ3n) is 4.23. The summed E-state index contributed by atoms with van der Waals surface area (Å²) >= 11 is 0. The highest BCUT2D eigenvalue weighted by Crippen LogP contribution is 2.40. The third-order valence-corrected chi connectivity index (χ3v) is 4.23. The summed E-state index contributed by atoms with van der Waals surface area (Å²) in [7, 11) is -0.151. The van der Waals surface area contributed by atoms with Crippen LogP contribution in [0.15, 0.2) is 11.0 Å². The molecule has 1 heterocycles. The summed E-state index contributed by atoms with van der Waals surface area (Å²) in [4.78, 5) is 0. The van der Waals surface area contributed by atoms with Crippen LogP contribution in [-0.4, -0.2) is 18.3 Å². The molecule has 0 aliphatic carbocycles. The van der Waals surface area contributed by atoms with Gasteiger partial charge in [-0.05, 0) is 52.9 Å². The van der Waals surface area contributed by atoms with Crippen LogP contribution in [0.2, 0.25) is 0 Å². The van der Waals surface area contributed by atoms with E-state index >= 15 is 0 Å². The number of hydrogen-bond acceptors (Lipinski definition) is 2. The molecule has 1 saturated heterocycles. The highest BCUT2D eigenvalue weighted by Gasteiger charge is 2.52. The molecule has 0 saturated carbocycles. The van der Waals surface area contributed by atoms with Crippen LogP contribution in [0.25, 0.3) is 0 Å². The minimum atomic E-state index is -0.233. The SMILES string of the molecule is CCC/C(C)=C(\CCC)B1OC(C)(C)C(C)(C)O1. The Labute approximate surface area is 113 Å².